The van der Waals surface area contributed by atoms with E-state index in [1.807, 2.05) is 0 Å². The van der Waals surface area contributed by atoms with E-state index in [9.17, 15) is 22.8 Å². The lowest BCUT2D eigenvalue weighted by Crippen LogP contribution is -2.54. The molecule has 10 heteroatoms. The largest absolute Gasteiger partial charge is 0.455 e. The number of nitrogens with one attached hydrogen (secondary N) is 3. The Kier molecular flexibility index (Phi) is 7.16. The van der Waals surface area contributed by atoms with Crippen LogP contribution in [-0.2, 0) is 25.2 Å². The van der Waals surface area contributed by atoms with Gasteiger partial charge in [0.05, 0.1) is 4.90 Å². The highest BCUT2D eigenvalue weighted by atomic mass is 32.2. The molecule has 0 radical (unpaired) electrons. The molecule has 29 heavy (non-hydrogen) atoms. The lowest BCUT2D eigenvalue weighted by molar-refractivity contribution is -0.129. The topological polar surface area (TPSA) is 135 Å². The Labute approximate surface area is 168 Å². The van der Waals surface area contributed by atoms with Crippen LogP contribution in [0.5, 0.6) is 0 Å². The predicted molar refractivity (Wildman–Crippen MR) is 104 cm³/mol. The van der Waals surface area contributed by atoms with Crippen molar-refractivity contribution in [1.29, 1.82) is 0 Å². The number of sulfone groups is 1. The first-order valence-corrected chi connectivity index (χ1v) is 10.5. The second kappa shape index (κ2) is 9.37. The molecule has 1 aromatic heterocycles. The quantitative estimate of drug-likeness (QED) is 0.575. The van der Waals surface area contributed by atoms with E-state index in [1.165, 1.54) is 31.2 Å². The average molecular weight is 421 g/mol. The molecule has 1 heterocycles. The molecule has 156 valence electrons. The molecule has 1 atom stereocenters. The van der Waals surface area contributed by atoms with E-state index >= 15 is 0 Å². The molecule has 2 aromatic rings. The van der Waals surface area contributed by atoms with E-state index in [0.717, 1.165) is 0 Å². The van der Waals surface area contributed by atoms with Crippen molar-refractivity contribution in [2.75, 3.05) is 0 Å². The molecule has 0 aliphatic rings. The van der Waals surface area contributed by atoms with Gasteiger partial charge in [0.1, 0.15) is 17.6 Å². The van der Waals surface area contributed by atoms with Crippen molar-refractivity contribution in [3.63, 3.8) is 0 Å². The minimum Gasteiger partial charge on any atom is -0.455 e. The highest BCUT2D eigenvalue weighted by Gasteiger charge is 2.24. The van der Waals surface area contributed by atoms with Crippen LogP contribution in [0, 0.1) is 5.92 Å². The van der Waals surface area contributed by atoms with Crippen LogP contribution < -0.4 is 16.2 Å². The van der Waals surface area contributed by atoms with Gasteiger partial charge in [-0.15, -0.1) is 0 Å². The van der Waals surface area contributed by atoms with Gasteiger partial charge in [0.25, 0.3) is 5.91 Å². The van der Waals surface area contributed by atoms with Gasteiger partial charge >= 0.3 is 5.91 Å². The minimum absolute atomic E-state index is 0.0867. The van der Waals surface area contributed by atoms with E-state index in [0.29, 0.717) is 0 Å². The van der Waals surface area contributed by atoms with Crippen molar-refractivity contribution in [2.45, 2.75) is 37.5 Å². The molecule has 2 rings (SSSR count). The molecular formula is C19H23N3O6S. The minimum atomic E-state index is -3.62. The predicted octanol–water partition coefficient (Wildman–Crippen LogP) is 1.18. The Morgan fingerprint density at radius 2 is 1.66 bits per heavy atom. The summed E-state index contributed by atoms with van der Waals surface area (Å²) in [6, 6.07) is 9.75. The Morgan fingerprint density at radius 1 is 1.00 bits per heavy atom. The number of hydrogen-bond acceptors (Lipinski definition) is 6. The van der Waals surface area contributed by atoms with Crippen LogP contribution in [0.2, 0.25) is 0 Å². The summed E-state index contributed by atoms with van der Waals surface area (Å²) in [5.74, 6) is -2.41. The number of carbonyl (C=O) groups excluding carboxylic acids is 3. The van der Waals surface area contributed by atoms with Gasteiger partial charge < -0.3 is 9.73 Å². The van der Waals surface area contributed by atoms with Gasteiger partial charge in [0.2, 0.25) is 5.91 Å². The van der Waals surface area contributed by atoms with E-state index in [1.54, 1.807) is 32.0 Å². The zero-order valence-electron chi connectivity index (χ0n) is 16.3. The zero-order valence-corrected chi connectivity index (χ0v) is 17.1. The Bertz CT molecular complexity index is 982. The van der Waals surface area contributed by atoms with Gasteiger partial charge in [0.15, 0.2) is 15.6 Å². The summed E-state index contributed by atoms with van der Waals surface area (Å²) in [5, 5.41) is 2.50. The lowest BCUT2D eigenvalue weighted by atomic mass is 10.0. The van der Waals surface area contributed by atoms with Crippen molar-refractivity contribution >= 4 is 27.6 Å². The molecule has 0 aliphatic carbocycles. The summed E-state index contributed by atoms with van der Waals surface area (Å²) in [6.45, 7) is 4.77. The maximum Gasteiger partial charge on any atom is 0.305 e. The molecule has 1 aromatic carbocycles. The highest BCUT2D eigenvalue weighted by molar-refractivity contribution is 7.90. The second-order valence-corrected chi connectivity index (χ2v) is 8.69. The fourth-order valence-electron chi connectivity index (χ4n) is 2.49. The van der Waals surface area contributed by atoms with Crippen LogP contribution in [0.25, 0.3) is 0 Å². The van der Waals surface area contributed by atoms with Crippen LogP contribution in [-0.4, -0.2) is 32.2 Å². The third-order valence-electron chi connectivity index (χ3n) is 3.93. The number of rotatable bonds is 7. The third kappa shape index (κ3) is 6.18. The summed E-state index contributed by atoms with van der Waals surface area (Å²) in [6.07, 6.45) is 0. The van der Waals surface area contributed by atoms with Crippen molar-refractivity contribution in [2.24, 2.45) is 5.92 Å². The average Bonchev–Trinajstić information content (AvgIpc) is 3.12. The van der Waals surface area contributed by atoms with Crippen molar-refractivity contribution in [1.82, 2.24) is 16.2 Å². The summed E-state index contributed by atoms with van der Waals surface area (Å²) in [7, 11) is -3.62. The summed E-state index contributed by atoms with van der Waals surface area (Å²) in [4.78, 5) is 35.7. The molecule has 0 aliphatic heterocycles. The molecule has 0 fully saturated rings. The first kappa shape index (κ1) is 22.2. The molecule has 0 unspecified atom stereocenters. The number of hydrazine groups is 1. The van der Waals surface area contributed by atoms with Crippen molar-refractivity contribution < 1.29 is 27.2 Å². The maximum atomic E-state index is 12.4. The second-order valence-electron chi connectivity index (χ2n) is 6.70. The number of hydrogen-bond donors (Lipinski definition) is 3. The molecule has 0 saturated carbocycles. The fraction of sp³-hybridized carbons (Fsp3) is 0.316. The van der Waals surface area contributed by atoms with Gasteiger partial charge in [-0.05, 0) is 30.2 Å². The van der Waals surface area contributed by atoms with Crippen LogP contribution in [0.4, 0.5) is 0 Å². The van der Waals surface area contributed by atoms with Gasteiger partial charge in [-0.1, -0.05) is 32.0 Å². The Morgan fingerprint density at radius 3 is 2.24 bits per heavy atom. The molecule has 0 saturated heterocycles. The van der Waals surface area contributed by atoms with Gasteiger partial charge in [-0.3, -0.25) is 25.2 Å². The van der Waals surface area contributed by atoms with Gasteiger partial charge in [-0.25, -0.2) is 8.42 Å². The molecule has 0 spiro atoms. The molecule has 3 amide bonds. The first-order valence-electron chi connectivity index (χ1n) is 8.84. The lowest BCUT2D eigenvalue weighted by Gasteiger charge is -2.20. The normalized spacial score (nSPS) is 12.3. The highest BCUT2D eigenvalue weighted by Crippen LogP contribution is 2.18. The number of benzene rings is 1. The van der Waals surface area contributed by atoms with Crippen LogP contribution in [0.1, 0.15) is 37.1 Å². The van der Waals surface area contributed by atoms with E-state index in [-0.39, 0.29) is 28.2 Å². The van der Waals surface area contributed by atoms with E-state index in [4.69, 9.17) is 4.42 Å². The molecular weight excluding hydrogens is 398 g/mol. The summed E-state index contributed by atoms with van der Waals surface area (Å²) >= 11 is 0. The monoisotopic (exact) mass is 421 g/mol. The Hall–Kier alpha value is -3.14. The smallest absolute Gasteiger partial charge is 0.305 e. The number of carbonyl (C=O) groups is 3. The molecule has 0 bridgehead atoms. The van der Waals surface area contributed by atoms with Crippen LogP contribution in [0.3, 0.4) is 0 Å². The van der Waals surface area contributed by atoms with Gasteiger partial charge in [0, 0.05) is 6.92 Å². The first-order chi connectivity index (χ1) is 13.6. The zero-order chi connectivity index (χ0) is 21.6. The van der Waals surface area contributed by atoms with E-state index < -0.39 is 33.4 Å². The van der Waals surface area contributed by atoms with Crippen molar-refractivity contribution in [3.05, 3.63) is 54.0 Å². The standard InChI is InChI=1S/C19H23N3O6S/c1-12(2)17(20-13(3)23)19(25)22-21-18(24)16-10-9-14(28-16)11-29(26,27)15-7-5-4-6-8-15/h4-10,12,17H,11H2,1-3H3,(H,20,23)(H,21,24)(H,22,25)/t17-/m1/s1. The van der Waals surface area contributed by atoms with Crippen LogP contribution >= 0.6 is 0 Å². The van der Waals surface area contributed by atoms with Crippen LogP contribution in [0.15, 0.2) is 51.8 Å². The van der Waals surface area contributed by atoms with E-state index in [2.05, 4.69) is 16.2 Å². The summed E-state index contributed by atoms with van der Waals surface area (Å²) in [5.41, 5.74) is 4.40. The third-order valence-corrected chi connectivity index (χ3v) is 5.58. The SMILES string of the molecule is CC(=O)N[C@@H](C(=O)NNC(=O)c1ccc(CS(=O)(=O)c2ccccc2)o1)C(C)C. The van der Waals surface area contributed by atoms with Crippen molar-refractivity contribution in [3.8, 4) is 0 Å². The molecule has 9 nitrogen and oxygen atoms in total. The summed E-state index contributed by atoms with van der Waals surface area (Å²) < 4.78 is 30.0. The maximum absolute atomic E-state index is 12.4. The fourth-order valence-corrected chi connectivity index (χ4v) is 3.76. The molecule has 3 N–H and O–H groups in total. The Balaban J connectivity index is 1.99. The van der Waals surface area contributed by atoms with Gasteiger partial charge in [-0.2, -0.15) is 0 Å². The number of amides is 3. The number of furan rings is 1.